The van der Waals surface area contributed by atoms with Crippen molar-refractivity contribution in [2.24, 2.45) is 5.92 Å². The normalized spacial score (nSPS) is 18.0. The minimum Gasteiger partial charge on any atom is -0.468 e. The van der Waals surface area contributed by atoms with Crippen LogP contribution in [-0.4, -0.2) is 23.8 Å². The number of hydrogen-bond donors (Lipinski definition) is 1. The SMILES string of the molecule is COC(=O)[C@@H]1C(=O)c2[nH]c3ccccc3c2[C@H]1c1ccc(-c2ccccc2)cc1. The molecule has 5 rings (SSSR count). The smallest absolute Gasteiger partial charge is 0.317 e. The van der Waals surface area contributed by atoms with E-state index in [0.29, 0.717) is 5.69 Å². The highest BCUT2D eigenvalue weighted by Gasteiger charge is 2.47. The van der Waals surface area contributed by atoms with E-state index in [1.807, 2.05) is 66.7 Å². The Balaban J connectivity index is 1.65. The first-order valence-corrected chi connectivity index (χ1v) is 9.57. The molecule has 0 spiro atoms. The minimum atomic E-state index is -0.867. The fraction of sp³-hybridized carbons (Fsp3) is 0.120. The number of H-pyrrole nitrogens is 1. The summed E-state index contributed by atoms with van der Waals surface area (Å²) >= 11 is 0. The van der Waals surface area contributed by atoms with E-state index >= 15 is 0 Å². The molecule has 142 valence electrons. The molecule has 29 heavy (non-hydrogen) atoms. The summed E-state index contributed by atoms with van der Waals surface area (Å²) in [4.78, 5) is 28.9. The van der Waals surface area contributed by atoms with Crippen molar-refractivity contribution in [2.45, 2.75) is 5.92 Å². The second-order valence-corrected chi connectivity index (χ2v) is 7.29. The standard InChI is InChI=1S/C25H19NO3/c1-29-25(28)22-20(17-13-11-16(12-14-17)15-7-3-2-4-8-15)21-18-9-5-6-10-19(18)26-23(21)24(22)27/h2-14,20,22,26H,1H3/t20-,22+/m1/s1. The summed E-state index contributed by atoms with van der Waals surface area (Å²) in [5.41, 5.74) is 5.44. The first-order valence-electron chi connectivity index (χ1n) is 9.57. The molecule has 0 saturated heterocycles. The number of para-hydroxylation sites is 1. The van der Waals surface area contributed by atoms with Crippen LogP contribution in [0.2, 0.25) is 0 Å². The number of aromatic amines is 1. The van der Waals surface area contributed by atoms with Crippen LogP contribution in [0.4, 0.5) is 0 Å². The van der Waals surface area contributed by atoms with E-state index in [-0.39, 0.29) is 11.7 Å². The van der Waals surface area contributed by atoms with Crippen LogP contribution in [-0.2, 0) is 9.53 Å². The number of esters is 1. The van der Waals surface area contributed by atoms with Crippen LogP contribution in [0.5, 0.6) is 0 Å². The van der Waals surface area contributed by atoms with Crippen molar-refractivity contribution in [1.82, 2.24) is 4.98 Å². The van der Waals surface area contributed by atoms with Crippen molar-refractivity contribution in [2.75, 3.05) is 7.11 Å². The van der Waals surface area contributed by atoms with E-state index in [1.54, 1.807) is 0 Å². The Bertz CT molecular complexity index is 1220. The molecule has 0 unspecified atom stereocenters. The quantitative estimate of drug-likeness (QED) is 0.403. The Hall–Kier alpha value is -3.66. The van der Waals surface area contributed by atoms with Gasteiger partial charge in [-0.3, -0.25) is 9.59 Å². The van der Waals surface area contributed by atoms with Gasteiger partial charge in [-0.2, -0.15) is 0 Å². The van der Waals surface area contributed by atoms with E-state index in [4.69, 9.17) is 4.74 Å². The molecule has 0 radical (unpaired) electrons. The number of nitrogens with one attached hydrogen (secondary N) is 1. The zero-order valence-corrected chi connectivity index (χ0v) is 15.9. The van der Waals surface area contributed by atoms with Gasteiger partial charge in [-0.1, -0.05) is 72.8 Å². The third kappa shape index (κ3) is 2.68. The minimum absolute atomic E-state index is 0.208. The number of methoxy groups -OCH3 is 1. The van der Waals surface area contributed by atoms with E-state index in [9.17, 15) is 9.59 Å². The summed E-state index contributed by atoms with van der Waals surface area (Å²) in [5, 5.41) is 0.972. The highest BCUT2D eigenvalue weighted by atomic mass is 16.5. The van der Waals surface area contributed by atoms with Gasteiger partial charge in [-0.05, 0) is 28.3 Å². The van der Waals surface area contributed by atoms with Crippen molar-refractivity contribution in [3.05, 3.63) is 95.7 Å². The van der Waals surface area contributed by atoms with Crippen LogP contribution in [0.3, 0.4) is 0 Å². The van der Waals surface area contributed by atoms with Gasteiger partial charge in [0.1, 0.15) is 5.92 Å². The molecule has 4 nitrogen and oxygen atoms in total. The third-order valence-electron chi connectivity index (χ3n) is 5.75. The number of carbonyl (C=O) groups is 2. The molecule has 1 aliphatic carbocycles. The summed E-state index contributed by atoms with van der Waals surface area (Å²) in [7, 11) is 1.33. The van der Waals surface area contributed by atoms with E-state index in [0.717, 1.165) is 33.2 Å². The molecule has 1 aromatic heterocycles. The average molecular weight is 381 g/mol. The maximum absolute atomic E-state index is 13.1. The van der Waals surface area contributed by atoms with Crippen molar-refractivity contribution in [1.29, 1.82) is 0 Å². The highest BCUT2D eigenvalue weighted by molar-refractivity contribution is 6.16. The number of ether oxygens (including phenoxy) is 1. The summed E-state index contributed by atoms with van der Waals surface area (Å²) in [6.45, 7) is 0. The molecule has 2 atom stereocenters. The Morgan fingerprint density at radius 3 is 2.24 bits per heavy atom. The second kappa shape index (κ2) is 6.74. The van der Waals surface area contributed by atoms with E-state index in [1.165, 1.54) is 7.11 Å². The molecule has 1 heterocycles. The van der Waals surface area contributed by atoms with Gasteiger partial charge in [-0.25, -0.2) is 0 Å². The molecule has 1 aliphatic rings. The molecule has 1 N–H and O–H groups in total. The van der Waals surface area contributed by atoms with E-state index < -0.39 is 11.9 Å². The molecule has 0 saturated carbocycles. The number of fused-ring (bicyclic) bond motifs is 3. The lowest BCUT2D eigenvalue weighted by molar-refractivity contribution is -0.143. The lowest BCUT2D eigenvalue weighted by Crippen LogP contribution is -2.26. The number of benzene rings is 3. The van der Waals surface area contributed by atoms with Crippen LogP contribution in [0.25, 0.3) is 22.0 Å². The number of rotatable bonds is 3. The summed E-state index contributed by atoms with van der Waals surface area (Å²) in [6.07, 6.45) is 0. The molecule has 0 amide bonds. The molecule has 4 aromatic rings. The largest absolute Gasteiger partial charge is 0.468 e. The van der Waals surface area contributed by atoms with Crippen LogP contribution in [0, 0.1) is 5.92 Å². The Labute approximate surface area is 168 Å². The first-order chi connectivity index (χ1) is 14.2. The fourth-order valence-corrected chi connectivity index (χ4v) is 4.40. The predicted molar refractivity (Wildman–Crippen MR) is 112 cm³/mol. The van der Waals surface area contributed by atoms with Gasteiger partial charge in [0.05, 0.1) is 12.8 Å². The molecule has 0 aliphatic heterocycles. The summed E-state index contributed by atoms with van der Waals surface area (Å²) in [6, 6.07) is 26.0. The van der Waals surface area contributed by atoms with Crippen molar-refractivity contribution >= 4 is 22.7 Å². The molecule has 3 aromatic carbocycles. The maximum Gasteiger partial charge on any atom is 0.317 e. The van der Waals surface area contributed by atoms with Crippen molar-refractivity contribution < 1.29 is 14.3 Å². The van der Waals surface area contributed by atoms with Crippen LogP contribution in [0.1, 0.15) is 27.5 Å². The first kappa shape index (κ1) is 17.4. The van der Waals surface area contributed by atoms with Crippen LogP contribution in [0.15, 0.2) is 78.9 Å². The second-order valence-electron chi connectivity index (χ2n) is 7.29. The van der Waals surface area contributed by atoms with Crippen molar-refractivity contribution in [3.8, 4) is 11.1 Å². The number of hydrogen-bond acceptors (Lipinski definition) is 3. The fourth-order valence-electron chi connectivity index (χ4n) is 4.40. The predicted octanol–water partition coefficient (Wildman–Crippen LogP) is 4.95. The Kier molecular flexibility index (Phi) is 4.06. The van der Waals surface area contributed by atoms with Gasteiger partial charge in [0.2, 0.25) is 0 Å². The van der Waals surface area contributed by atoms with Crippen LogP contribution >= 0.6 is 0 Å². The van der Waals surface area contributed by atoms with E-state index in [2.05, 4.69) is 17.1 Å². The van der Waals surface area contributed by atoms with Gasteiger partial charge in [0.25, 0.3) is 0 Å². The van der Waals surface area contributed by atoms with Gasteiger partial charge < -0.3 is 9.72 Å². The number of Topliss-reactive ketones (excluding diaryl/α,β-unsaturated/α-hetero) is 1. The highest BCUT2D eigenvalue weighted by Crippen LogP contribution is 2.46. The third-order valence-corrected chi connectivity index (χ3v) is 5.75. The van der Waals surface area contributed by atoms with Gasteiger partial charge in [0.15, 0.2) is 5.78 Å². The van der Waals surface area contributed by atoms with Gasteiger partial charge in [0, 0.05) is 16.8 Å². The summed E-state index contributed by atoms with van der Waals surface area (Å²) < 4.78 is 4.99. The molecule has 0 bridgehead atoms. The Morgan fingerprint density at radius 2 is 1.52 bits per heavy atom. The van der Waals surface area contributed by atoms with Gasteiger partial charge >= 0.3 is 5.97 Å². The number of carbonyl (C=O) groups excluding carboxylic acids is 2. The number of aromatic nitrogens is 1. The topological polar surface area (TPSA) is 59.2 Å². The monoisotopic (exact) mass is 381 g/mol. The molecular weight excluding hydrogens is 362 g/mol. The van der Waals surface area contributed by atoms with Crippen molar-refractivity contribution in [3.63, 3.8) is 0 Å². The molecule has 0 fully saturated rings. The lowest BCUT2D eigenvalue weighted by Gasteiger charge is -2.19. The number of ketones is 1. The summed E-state index contributed by atoms with van der Waals surface area (Å²) in [5.74, 6) is -1.94. The zero-order valence-electron chi connectivity index (χ0n) is 15.9. The lowest BCUT2D eigenvalue weighted by atomic mass is 9.84. The van der Waals surface area contributed by atoms with Crippen LogP contribution < -0.4 is 0 Å². The molecule has 4 heteroatoms. The maximum atomic E-state index is 13.1. The molecular formula is C25H19NO3. The van der Waals surface area contributed by atoms with Gasteiger partial charge in [-0.15, -0.1) is 0 Å². The average Bonchev–Trinajstić information content (AvgIpc) is 3.29. The Morgan fingerprint density at radius 1 is 0.862 bits per heavy atom. The zero-order chi connectivity index (χ0) is 20.0.